The lowest BCUT2D eigenvalue weighted by Gasteiger charge is -2.19. The predicted molar refractivity (Wildman–Crippen MR) is 89.2 cm³/mol. The Morgan fingerprint density at radius 2 is 1.95 bits per heavy atom. The fraction of sp³-hybridized carbons (Fsp3) is 0.529. The molecule has 0 atom stereocenters. The number of carbonyl (C=O) groups is 2. The van der Waals surface area contributed by atoms with E-state index in [1.807, 2.05) is 36.9 Å². The van der Waals surface area contributed by atoms with E-state index >= 15 is 0 Å². The number of rotatable bonds is 4. The molecule has 0 aliphatic carbocycles. The van der Waals surface area contributed by atoms with Gasteiger partial charge in [0, 0.05) is 30.4 Å². The van der Waals surface area contributed by atoms with Crippen molar-refractivity contribution in [3.05, 3.63) is 23.8 Å². The molecule has 1 heterocycles. The molecule has 0 spiro atoms. The number of urea groups is 1. The molecule has 0 saturated carbocycles. The van der Waals surface area contributed by atoms with E-state index in [2.05, 4.69) is 24.5 Å². The van der Waals surface area contributed by atoms with Crippen LogP contribution in [0.5, 0.6) is 0 Å². The zero-order valence-electron chi connectivity index (χ0n) is 13.8. The molecule has 22 heavy (non-hydrogen) atoms. The Balaban J connectivity index is 2.04. The van der Waals surface area contributed by atoms with Crippen molar-refractivity contribution in [1.29, 1.82) is 0 Å². The Kier molecular flexibility index (Phi) is 5.06. The molecule has 0 unspecified atom stereocenters. The van der Waals surface area contributed by atoms with E-state index < -0.39 is 0 Å². The Morgan fingerprint density at radius 1 is 1.23 bits per heavy atom. The van der Waals surface area contributed by atoms with Gasteiger partial charge in [-0.2, -0.15) is 0 Å². The molecule has 120 valence electrons. The summed E-state index contributed by atoms with van der Waals surface area (Å²) in [7, 11) is 0. The number of fused-ring (bicyclic) bond motifs is 1. The third-order valence-corrected chi connectivity index (χ3v) is 3.66. The van der Waals surface area contributed by atoms with Crippen LogP contribution in [0.15, 0.2) is 18.2 Å². The molecule has 0 saturated heterocycles. The maximum Gasteiger partial charge on any atom is 0.319 e. The molecule has 0 bridgehead atoms. The van der Waals surface area contributed by atoms with Crippen LogP contribution in [0.3, 0.4) is 0 Å². The van der Waals surface area contributed by atoms with Crippen molar-refractivity contribution in [2.45, 2.75) is 34.1 Å². The first kappa shape index (κ1) is 16.3. The van der Waals surface area contributed by atoms with Crippen LogP contribution in [0.2, 0.25) is 0 Å². The van der Waals surface area contributed by atoms with Crippen molar-refractivity contribution in [2.24, 2.45) is 11.8 Å². The Labute approximate surface area is 132 Å². The zero-order chi connectivity index (χ0) is 16.3. The normalized spacial score (nSPS) is 13.5. The van der Waals surface area contributed by atoms with E-state index in [1.165, 1.54) is 0 Å². The summed E-state index contributed by atoms with van der Waals surface area (Å²) in [6.07, 6.45) is 0.830. The summed E-state index contributed by atoms with van der Waals surface area (Å²) < 4.78 is 0. The molecular weight excluding hydrogens is 278 g/mol. The Hall–Kier alpha value is -2.04. The summed E-state index contributed by atoms with van der Waals surface area (Å²) in [6, 6.07) is 5.53. The van der Waals surface area contributed by atoms with Crippen LogP contribution >= 0.6 is 0 Å². The summed E-state index contributed by atoms with van der Waals surface area (Å²) in [6.45, 7) is 9.29. The molecule has 2 N–H and O–H groups in total. The van der Waals surface area contributed by atoms with Gasteiger partial charge in [-0.3, -0.25) is 4.79 Å². The highest BCUT2D eigenvalue weighted by molar-refractivity contribution is 5.97. The van der Waals surface area contributed by atoms with E-state index in [-0.39, 0.29) is 17.9 Å². The molecule has 1 aliphatic rings. The number of nitrogens with one attached hydrogen (secondary N) is 2. The molecule has 3 amide bonds. The minimum atomic E-state index is -0.193. The third kappa shape index (κ3) is 3.78. The van der Waals surface area contributed by atoms with Crippen molar-refractivity contribution in [2.75, 3.05) is 23.3 Å². The second-order valence-electron chi connectivity index (χ2n) is 6.47. The fourth-order valence-electron chi connectivity index (χ4n) is 2.49. The lowest BCUT2D eigenvalue weighted by Crippen LogP contribution is -2.32. The first-order chi connectivity index (χ1) is 10.4. The van der Waals surface area contributed by atoms with Gasteiger partial charge in [0.25, 0.3) is 0 Å². The van der Waals surface area contributed by atoms with Crippen LogP contribution in [0, 0.1) is 11.8 Å². The number of amides is 3. The Morgan fingerprint density at radius 3 is 2.59 bits per heavy atom. The first-order valence-electron chi connectivity index (χ1n) is 7.87. The number of benzene rings is 1. The summed E-state index contributed by atoms with van der Waals surface area (Å²) in [5.74, 6) is 0.557. The van der Waals surface area contributed by atoms with E-state index in [1.54, 1.807) is 0 Å². The van der Waals surface area contributed by atoms with Gasteiger partial charge < -0.3 is 15.5 Å². The van der Waals surface area contributed by atoms with E-state index in [4.69, 9.17) is 0 Å². The van der Waals surface area contributed by atoms with E-state index in [0.29, 0.717) is 12.5 Å². The van der Waals surface area contributed by atoms with Crippen molar-refractivity contribution in [1.82, 2.24) is 5.32 Å². The summed E-state index contributed by atoms with van der Waals surface area (Å²) in [5, 5.41) is 5.67. The van der Waals surface area contributed by atoms with Crippen LogP contribution in [0.1, 0.15) is 33.3 Å². The molecule has 1 aromatic carbocycles. The smallest absolute Gasteiger partial charge is 0.319 e. The highest BCUT2D eigenvalue weighted by Crippen LogP contribution is 2.31. The highest BCUT2D eigenvalue weighted by atomic mass is 16.2. The van der Waals surface area contributed by atoms with Gasteiger partial charge in [0.1, 0.15) is 0 Å². The van der Waals surface area contributed by atoms with Gasteiger partial charge in [0.15, 0.2) is 0 Å². The van der Waals surface area contributed by atoms with Crippen LogP contribution < -0.4 is 15.5 Å². The van der Waals surface area contributed by atoms with Crippen LogP contribution in [-0.4, -0.2) is 25.0 Å². The minimum Gasteiger partial charge on any atom is -0.338 e. The maximum absolute atomic E-state index is 12.2. The number of hydrogen-bond donors (Lipinski definition) is 2. The molecule has 5 heteroatoms. The third-order valence-electron chi connectivity index (χ3n) is 3.66. The average molecular weight is 303 g/mol. The van der Waals surface area contributed by atoms with Gasteiger partial charge in [0.05, 0.1) is 0 Å². The predicted octanol–water partition coefficient (Wildman–Crippen LogP) is 3.01. The molecular formula is C17H25N3O2. The van der Waals surface area contributed by atoms with Gasteiger partial charge in [-0.15, -0.1) is 0 Å². The standard InChI is InChI=1S/C17H25N3O2/c1-11(2)10-18-17(22)19-14-5-6-15-13(9-14)7-8-20(15)16(21)12(3)4/h5-6,9,11-12H,7-8,10H2,1-4H3,(H2,18,19,22). The molecule has 5 nitrogen and oxygen atoms in total. The second kappa shape index (κ2) is 6.81. The lowest BCUT2D eigenvalue weighted by molar-refractivity contribution is -0.121. The molecule has 1 aliphatic heterocycles. The summed E-state index contributed by atoms with van der Waals surface area (Å²) >= 11 is 0. The van der Waals surface area contributed by atoms with Crippen LogP contribution in [-0.2, 0) is 11.2 Å². The van der Waals surface area contributed by atoms with Gasteiger partial charge in [0.2, 0.25) is 5.91 Å². The topological polar surface area (TPSA) is 61.4 Å². The van der Waals surface area contributed by atoms with Gasteiger partial charge in [-0.05, 0) is 36.1 Å². The SMILES string of the molecule is CC(C)CNC(=O)Nc1ccc2c(c1)CCN2C(=O)C(C)C. The number of anilines is 2. The van der Waals surface area contributed by atoms with Crippen molar-refractivity contribution in [3.8, 4) is 0 Å². The van der Waals surface area contributed by atoms with Gasteiger partial charge in [-0.25, -0.2) is 4.79 Å². The highest BCUT2D eigenvalue weighted by Gasteiger charge is 2.26. The lowest BCUT2D eigenvalue weighted by atomic mass is 10.1. The second-order valence-corrected chi connectivity index (χ2v) is 6.47. The quantitative estimate of drug-likeness (QED) is 0.898. The molecule has 1 aromatic rings. The zero-order valence-corrected chi connectivity index (χ0v) is 13.8. The minimum absolute atomic E-state index is 0.00874. The number of carbonyl (C=O) groups excluding carboxylic acids is 2. The van der Waals surface area contributed by atoms with Gasteiger partial charge >= 0.3 is 6.03 Å². The largest absolute Gasteiger partial charge is 0.338 e. The van der Waals surface area contributed by atoms with Crippen molar-refractivity contribution < 1.29 is 9.59 Å². The molecule has 2 rings (SSSR count). The maximum atomic E-state index is 12.2. The van der Waals surface area contributed by atoms with Gasteiger partial charge in [-0.1, -0.05) is 27.7 Å². The first-order valence-corrected chi connectivity index (χ1v) is 7.87. The molecule has 0 aromatic heterocycles. The van der Waals surface area contributed by atoms with Crippen LogP contribution in [0.25, 0.3) is 0 Å². The van der Waals surface area contributed by atoms with Crippen molar-refractivity contribution >= 4 is 23.3 Å². The van der Waals surface area contributed by atoms with E-state index in [9.17, 15) is 9.59 Å². The molecule has 0 radical (unpaired) electrons. The average Bonchev–Trinajstić information content (AvgIpc) is 2.87. The Bertz CT molecular complexity index is 567. The molecule has 0 fully saturated rings. The monoisotopic (exact) mass is 303 g/mol. The number of hydrogen-bond acceptors (Lipinski definition) is 2. The van der Waals surface area contributed by atoms with Crippen molar-refractivity contribution in [3.63, 3.8) is 0 Å². The van der Waals surface area contributed by atoms with E-state index in [0.717, 1.165) is 29.9 Å². The summed E-state index contributed by atoms with van der Waals surface area (Å²) in [5.41, 5.74) is 2.83. The number of nitrogens with zero attached hydrogens (tertiary/aromatic N) is 1. The van der Waals surface area contributed by atoms with Crippen LogP contribution in [0.4, 0.5) is 16.2 Å². The summed E-state index contributed by atoms with van der Waals surface area (Å²) in [4.78, 5) is 25.8. The fourth-order valence-corrected chi connectivity index (χ4v) is 2.49.